The van der Waals surface area contributed by atoms with Crippen LogP contribution in [0.25, 0.3) is 22.1 Å². The van der Waals surface area contributed by atoms with Gasteiger partial charge in [-0.1, -0.05) is 17.4 Å². The Bertz CT molecular complexity index is 1250. The molecule has 0 amide bonds. The minimum atomic E-state index is -0.0504. The zero-order valence-corrected chi connectivity index (χ0v) is 15.8. The zero-order chi connectivity index (χ0) is 18.4. The fourth-order valence-corrected chi connectivity index (χ4v) is 4.00. The normalized spacial score (nSPS) is 12.2. The third-order valence-electron chi connectivity index (χ3n) is 4.56. The molecule has 0 unspecified atom stereocenters. The van der Waals surface area contributed by atoms with Crippen molar-refractivity contribution in [1.82, 2.24) is 9.38 Å². The molecule has 2 heterocycles. The van der Waals surface area contributed by atoms with Gasteiger partial charge < -0.3 is 9.47 Å². The number of hydrogen-bond donors (Lipinski definition) is 0. The van der Waals surface area contributed by atoms with Gasteiger partial charge in [0.25, 0.3) is 5.56 Å². The number of methoxy groups -OCH3 is 2. The number of ether oxygens (including phenoxy) is 2. The number of thiazole rings is 1. The van der Waals surface area contributed by atoms with E-state index < -0.39 is 0 Å². The number of hydrogen-bond acceptors (Lipinski definition) is 5. The van der Waals surface area contributed by atoms with E-state index in [1.165, 1.54) is 16.9 Å². The number of benzene rings is 2. The number of aryl methyl sites for hydroxylation is 2. The Morgan fingerprint density at radius 3 is 2.50 bits per heavy atom. The van der Waals surface area contributed by atoms with Crippen molar-refractivity contribution in [3.8, 4) is 11.5 Å². The molecule has 0 spiro atoms. The van der Waals surface area contributed by atoms with Crippen molar-refractivity contribution in [3.63, 3.8) is 0 Å². The number of aromatic nitrogens is 2. The predicted molar refractivity (Wildman–Crippen MR) is 105 cm³/mol. The van der Waals surface area contributed by atoms with Crippen LogP contribution in [0.2, 0.25) is 0 Å². The molecule has 26 heavy (non-hydrogen) atoms. The first-order valence-corrected chi connectivity index (χ1v) is 8.99. The van der Waals surface area contributed by atoms with Gasteiger partial charge in [0.1, 0.15) is 0 Å². The largest absolute Gasteiger partial charge is 0.493 e. The minimum absolute atomic E-state index is 0.0504. The minimum Gasteiger partial charge on any atom is -0.493 e. The Balaban J connectivity index is 1.93. The summed E-state index contributed by atoms with van der Waals surface area (Å²) in [5.74, 6) is 1.29. The Morgan fingerprint density at radius 2 is 1.77 bits per heavy atom. The standard InChI is InChI=1S/C20H18N2O3S/c1-11-7-14-15(8-12(11)2)22-19(23)18(26-20(22)21-14)10-13-5-6-16(24-3)17(9-13)25-4/h5-10H,1-4H3. The third-order valence-corrected chi connectivity index (χ3v) is 5.53. The van der Waals surface area contributed by atoms with E-state index in [9.17, 15) is 4.79 Å². The van der Waals surface area contributed by atoms with Gasteiger partial charge >= 0.3 is 0 Å². The molecule has 0 aliphatic heterocycles. The summed E-state index contributed by atoms with van der Waals surface area (Å²) in [6, 6.07) is 9.64. The molecule has 132 valence electrons. The van der Waals surface area contributed by atoms with Gasteiger partial charge in [-0.15, -0.1) is 0 Å². The van der Waals surface area contributed by atoms with Crippen LogP contribution in [0.1, 0.15) is 16.7 Å². The van der Waals surface area contributed by atoms with Crippen molar-refractivity contribution in [2.45, 2.75) is 13.8 Å². The molecule has 6 heteroatoms. The first-order valence-electron chi connectivity index (χ1n) is 8.18. The van der Waals surface area contributed by atoms with Crippen LogP contribution in [0.15, 0.2) is 35.1 Å². The molecule has 2 aromatic carbocycles. The second-order valence-corrected chi connectivity index (χ2v) is 7.19. The molecule has 0 bridgehead atoms. The molecule has 0 radical (unpaired) electrons. The molecule has 0 saturated carbocycles. The van der Waals surface area contributed by atoms with Crippen LogP contribution in [0.5, 0.6) is 11.5 Å². The Labute approximate surface area is 154 Å². The summed E-state index contributed by atoms with van der Waals surface area (Å²) in [4.78, 5) is 18.3. The van der Waals surface area contributed by atoms with E-state index in [2.05, 4.69) is 11.9 Å². The maximum Gasteiger partial charge on any atom is 0.274 e. The van der Waals surface area contributed by atoms with Gasteiger partial charge in [-0.25, -0.2) is 9.38 Å². The van der Waals surface area contributed by atoms with Gasteiger partial charge in [0.15, 0.2) is 16.5 Å². The third kappa shape index (κ3) is 2.54. The molecule has 4 aromatic rings. The van der Waals surface area contributed by atoms with Crippen LogP contribution in [-0.2, 0) is 0 Å². The van der Waals surface area contributed by atoms with E-state index >= 15 is 0 Å². The summed E-state index contributed by atoms with van der Waals surface area (Å²) >= 11 is 1.39. The second kappa shape index (κ2) is 6.14. The summed E-state index contributed by atoms with van der Waals surface area (Å²) in [5.41, 5.74) is 4.86. The maximum absolute atomic E-state index is 12.9. The highest BCUT2D eigenvalue weighted by Crippen LogP contribution is 2.28. The van der Waals surface area contributed by atoms with Crippen LogP contribution in [0, 0.1) is 13.8 Å². The van der Waals surface area contributed by atoms with Crippen molar-refractivity contribution in [1.29, 1.82) is 0 Å². The maximum atomic E-state index is 12.9. The molecular weight excluding hydrogens is 348 g/mol. The number of fused-ring (bicyclic) bond motifs is 3. The van der Waals surface area contributed by atoms with Crippen molar-refractivity contribution in [2.24, 2.45) is 0 Å². The fourth-order valence-electron chi connectivity index (χ4n) is 3.01. The van der Waals surface area contributed by atoms with Crippen LogP contribution in [-0.4, -0.2) is 23.6 Å². The molecule has 0 saturated heterocycles. The SMILES string of the molecule is COc1ccc(C=c2sc3nc4cc(C)c(C)cc4n3c2=O)cc1OC. The summed E-state index contributed by atoms with van der Waals surface area (Å²) in [6.07, 6.45) is 1.86. The monoisotopic (exact) mass is 366 g/mol. The second-order valence-electron chi connectivity index (χ2n) is 6.19. The summed E-state index contributed by atoms with van der Waals surface area (Å²) in [7, 11) is 3.19. The molecule has 5 nitrogen and oxygen atoms in total. The average molecular weight is 366 g/mol. The van der Waals surface area contributed by atoms with E-state index in [0.717, 1.165) is 22.2 Å². The molecule has 4 rings (SSSR count). The van der Waals surface area contributed by atoms with E-state index in [1.807, 2.05) is 43.3 Å². The predicted octanol–water partition coefficient (Wildman–Crippen LogP) is 3.09. The fraction of sp³-hybridized carbons (Fsp3) is 0.200. The van der Waals surface area contributed by atoms with Crippen LogP contribution in [0.4, 0.5) is 0 Å². The van der Waals surface area contributed by atoms with Gasteiger partial charge in [0.2, 0.25) is 0 Å². The highest BCUT2D eigenvalue weighted by molar-refractivity contribution is 7.15. The highest BCUT2D eigenvalue weighted by atomic mass is 32.1. The van der Waals surface area contributed by atoms with Gasteiger partial charge in [-0.2, -0.15) is 0 Å². The van der Waals surface area contributed by atoms with Crippen LogP contribution in [0.3, 0.4) is 0 Å². The van der Waals surface area contributed by atoms with Gasteiger partial charge in [-0.3, -0.25) is 4.79 Å². The zero-order valence-electron chi connectivity index (χ0n) is 15.0. The van der Waals surface area contributed by atoms with Crippen LogP contribution < -0.4 is 19.6 Å². The molecule has 0 aliphatic rings. The lowest BCUT2D eigenvalue weighted by molar-refractivity contribution is 0.355. The first-order chi connectivity index (χ1) is 12.5. The summed E-state index contributed by atoms with van der Waals surface area (Å²) < 4.78 is 12.9. The molecule has 0 aliphatic carbocycles. The van der Waals surface area contributed by atoms with Gasteiger partial charge in [0.05, 0.1) is 29.8 Å². The average Bonchev–Trinajstić information content (AvgIpc) is 3.12. The molecule has 2 aromatic heterocycles. The smallest absolute Gasteiger partial charge is 0.274 e. The number of nitrogens with zero attached hydrogens (tertiary/aromatic N) is 2. The van der Waals surface area contributed by atoms with E-state index in [1.54, 1.807) is 18.6 Å². The first kappa shape index (κ1) is 16.6. The Hall–Kier alpha value is -2.86. The van der Waals surface area contributed by atoms with Crippen molar-refractivity contribution < 1.29 is 9.47 Å². The topological polar surface area (TPSA) is 52.8 Å². The van der Waals surface area contributed by atoms with E-state index in [4.69, 9.17) is 9.47 Å². The molecular formula is C20H18N2O3S. The number of rotatable bonds is 3. The lowest BCUT2D eigenvalue weighted by atomic mass is 10.1. The quantitative estimate of drug-likeness (QED) is 0.559. The van der Waals surface area contributed by atoms with Gasteiger partial charge in [0, 0.05) is 0 Å². The highest BCUT2D eigenvalue weighted by Gasteiger charge is 2.12. The summed E-state index contributed by atoms with van der Waals surface area (Å²) in [5, 5.41) is 0. The lowest BCUT2D eigenvalue weighted by Gasteiger charge is -2.07. The molecule has 0 atom stereocenters. The van der Waals surface area contributed by atoms with E-state index in [0.29, 0.717) is 21.0 Å². The molecule has 0 fully saturated rings. The Kier molecular flexibility index (Phi) is 3.92. The lowest BCUT2D eigenvalue weighted by Crippen LogP contribution is -2.22. The van der Waals surface area contributed by atoms with Crippen molar-refractivity contribution in [3.05, 3.63) is 61.9 Å². The summed E-state index contributed by atoms with van der Waals surface area (Å²) in [6.45, 7) is 4.10. The van der Waals surface area contributed by atoms with Gasteiger partial charge in [-0.05, 0) is 60.9 Å². The van der Waals surface area contributed by atoms with Crippen molar-refractivity contribution in [2.75, 3.05) is 14.2 Å². The molecule has 0 N–H and O–H groups in total. The number of imidazole rings is 1. The Morgan fingerprint density at radius 1 is 1.04 bits per heavy atom. The van der Waals surface area contributed by atoms with Crippen molar-refractivity contribution >= 4 is 33.4 Å². The van der Waals surface area contributed by atoms with Crippen LogP contribution >= 0.6 is 11.3 Å². The van der Waals surface area contributed by atoms with E-state index in [-0.39, 0.29) is 5.56 Å².